The highest BCUT2D eigenvalue weighted by molar-refractivity contribution is 6.41. The molecule has 0 saturated heterocycles. The summed E-state index contributed by atoms with van der Waals surface area (Å²) in [6.07, 6.45) is 0. The molecule has 0 spiro atoms. The van der Waals surface area contributed by atoms with Crippen molar-refractivity contribution < 1.29 is 4.74 Å². The van der Waals surface area contributed by atoms with Crippen molar-refractivity contribution in [3.63, 3.8) is 0 Å². The fraction of sp³-hybridized carbons (Fsp3) is 0.111. The largest absolute Gasteiger partial charge is 0.473 e. The van der Waals surface area contributed by atoms with E-state index in [-0.39, 0.29) is 0 Å². The monoisotopic (exact) mass is 363 g/mol. The Morgan fingerprint density at radius 2 is 1.65 bits per heavy atom. The molecule has 0 bridgehead atoms. The van der Waals surface area contributed by atoms with E-state index in [1.165, 1.54) is 10.8 Å². The minimum atomic E-state index is 0.395. The summed E-state index contributed by atoms with van der Waals surface area (Å²) in [5, 5.41) is 3.93. The van der Waals surface area contributed by atoms with Crippen molar-refractivity contribution in [2.45, 2.75) is 6.54 Å². The molecule has 23 heavy (non-hydrogen) atoms. The predicted molar refractivity (Wildman–Crippen MR) is 97.1 cm³/mol. The topological polar surface area (TPSA) is 12.5 Å². The van der Waals surface area contributed by atoms with Crippen LogP contribution in [0.2, 0.25) is 15.1 Å². The van der Waals surface area contributed by atoms with Gasteiger partial charge in [0.1, 0.15) is 5.75 Å². The van der Waals surface area contributed by atoms with Gasteiger partial charge < -0.3 is 9.64 Å². The molecule has 0 saturated carbocycles. The first kappa shape index (κ1) is 14.9. The fourth-order valence-electron chi connectivity index (χ4n) is 2.98. The Bertz CT molecular complexity index is 887. The molecule has 1 aliphatic heterocycles. The van der Waals surface area contributed by atoms with E-state index in [4.69, 9.17) is 39.5 Å². The summed E-state index contributed by atoms with van der Waals surface area (Å²) in [5.74, 6) is 0.904. The smallest absolute Gasteiger partial charge is 0.161 e. The van der Waals surface area contributed by atoms with E-state index in [0.29, 0.717) is 28.3 Å². The third-order valence-corrected chi connectivity index (χ3v) is 4.81. The number of hydrogen-bond acceptors (Lipinski definition) is 2. The summed E-state index contributed by atoms with van der Waals surface area (Å²) >= 11 is 18.7. The number of hydrogen-bond donors (Lipinski definition) is 0. The summed E-state index contributed by atoms with van der Waals surface area (Å²) in [5.41, 5.74) is 1.88. The van der Waals surface area contributed by atoms with Crippen molar-refractivity contribution in [2.75, 3.05) is 11.6 Å². The van der Waals surface area contributed by atoms with Gasteiger partial charge in [-0.25, -0.2) is 0 Å². The standard InChI is InChI=1S/C18H12Cl3NO/c19-12-7-15(20)18(16(21)8-12)22-9-14-13-4-2-1-3-11(13)5-6-17(14)23-10-22/h1-8H,9-10H2. The van der Waals surface area contributed by atoms with Gasteiger partial charge in [0.2, 0.25) is 0 Å². The number of fused-ring (bicyclic) bond motifs is 3. The van der Waals surface area contributed by atoms with E-state index < -0.39 is 0 Å². The number of rotatable bonds is 1. The van der Waals surface area contributed by atoms with Gasteiger partial charge >= 0.3 is 0 Å². The zero-order chi connectivity index (χ0) is 16.0. The lowest BCUT2D eigenvalue weighted by Gasteiger charge is -2.32. The van der Waals surface area contributed by atoms with Gasteiger partial charge in [-0.1, -0.05) is 65.1 Å². The van der Waals surface area contributed by atoms with Crippen LogP contribution < -0.4 is 9.64 Å². The molecule has 1 heterocycles. The molecule has 0 amide bonds. The second kappa shape index (κ2) is 5.79. The van der Waals surface area contributed by atoms with Gasteiger partial charge in [-0.3, -0.25) is 0 Å². The van der Waals surface area contributed by atoms with Crippen molar-refractivity contribution in [3.05, 3.63) is 69.2 Å². The first-order valence-corrected chi connectivity index (χ1v) is 8.30. The summed E-state index contributed by atoms with van der Waals surface area (Å²) in [6, 6.07) is 15.7. The van der Waals surface area contributed by atoms with E-state index in [1.54, 1.807) is 12.1 Å². The number of anilines is 1. The van der Waals surface area contributed by atoms with Crippen LogP contribution in [-0.2, 0) is 6.54 Å². The number of nitrogens with zero attached hydrogens (tertiary/aromatic N) is 1. The molecule has 0 fully saturated rings. The highest BCUT2D eigenvalue weighted by atomic mass is 35.5. The fourth-order valence-corrected chi connectivity index (χ4v) is 4.03. The molecule has 4 rings (SSSR count). The van der Waals surface area contributed by atoms with Gasteiger partial charge in [-0.05, 0) is 29.0 Å². The molecule has 0 atom stereocenters. The Kier molecular flexibility index (Phi) is 3.76. The molecular weight excluding hydrogens is 353 g/mol. The molecule has 3 aromatic carbocycles. The van der Waals surface area contributed by atoms with Gasteiger partial charge in [0.05, 0.1) is 22.3 Å². The average molecular weight is 365 g/mol. The van der Waals surface area contributed by atoms with Gasteiger partial charge in [0.15, 0.2) is 6.73 Å². The van der Waals surface area contributed by atoms with Crippen LogP contribution in [0.15, 0.2) is 48.5 Å². The quantitative estimate of drug-likeness (QED) is 0.513. The lowest BCUT2D eigenvalue weighted by atomic mass is 10.0. The van der Waals surface area contributed by atoms with E-state index in [1.807, 2.05) is 23.1 Å². The maximum absolute atomic E-state index is 6.35. The first-order chi connectivity index (χ1) is 11.1. The summed E-state index contributed by atoms with van der Waals surface area (Å²) in [6.45, 7) is 1.07. The molecule has 1 aliphatic rings. The second-order valence-electron chi connectivity index (χ2n) is 5.45. The van der Waals surface area contributed by atoms with Crippen molar-refractivity contribution in [3.8, 4) is 5.75 Å². The van der Waals surface area contributed by atoms with Crippen LogP contribution in [0.25, 0.3) is 10.8 Å². The van der Waals surface area contributed by atoms with Crippen molar-refractivity contribution in [2.24, 2.45) is 0 Å². The highest BCUT2D eigenvalue weighted by Crippen LogP contribution is 2.40. The summed E-state index contributed by atoms with van der Waals surface area (Å²) in [4.78, 5) is 2.02. The van der Waals surface area contributed by atoms with Crippen LogP contribution in [-0.4, -0.2) is 6.73 Å². The van der Waals surface area contributed by atoms with Crippen LogP contribution in [0.1, 0.15) is 5.56 Å². The van der Waals surface area contributed by atoms with Gasteiger partial charge in [0.25, 0.3) is 0 Å². The second-order valence-corrected chi connectivity index (χ2v) is 6.70. The SMILES string of the molecule is Clc1cc(Cl)c(N2COc3ccc4ccccc4c3C2)c(Cl)c1. The van der Waals surface area contributed by atoms with Crippen molar-refractivity contribution in [1.82, 2.24) is 0 Å². The molecule has 0 unspecified atom stereocenters. The lowest BCUT2D eigenvalue weighted by molar-refractivity contribution is 0.290. The van der Waals surface area contributed by atoms with Crippen molar-refractivity contribution in [1.29, 1.82) is 0 Å². The molecule has 3 aromatic rings. The van der Waals surface area contributed by atoms with Crippen molar-refractivity contribution >= 4 is 51.3 Å². The van der Waals surface area contributed by atoms with Crippen LogP contribution in [0.3, 0.4) is 0 Å². The average Bonchev–Trinajstić information content (AvgIpc) is 2.54. The Balaban J connectivity index is 1.81. The highest BCUT2D eigenvalue weighted by Gasteiger charge is 2.23. The third-order valence-electron chi connectivity index (χ3n) is 4.02. The zero-order valence-corrected chi connectivity index (χ0v) is 14.3. The Labute approximate surface area is 149 Å². The molecule has 5 heteroatoms. The summed E-state index contributed by atoms with van der Waals surface area (Å²) < 4.78 is 5.91. The molecule has 116 valence electrons. The van der Waals surface area contributed by atoms with Gasteiger partial charge in [0, 0.05) is 10.6 Å². The first-order valence-electron chi connectivity index (χ1n) is 7.16. The van der Waals surface area contributed by atoms with E-state index in [2.05, 4.69) is 18.2 Å². The number of halogens is 3. The minimum Gasteiger partial charge on any atom is -0.473 e. The zero-order valence-electron chi connectivity index (χ0n) is 12.0. The van der Waals surface area contributed by atoms with E-state index >= 15 is 0 Å². The predicted octanol–water partition coefficient (Wildman–Crippen LogP) is 6.16. The Morgan fingerprint density at radius 3 is 2.43 bits per heavy atom. The molecule has 0 N–H and O–H groups in total. The van der Waals surface area contributed by atoms with Crippen LogP contribution in [0.4, 0.5) is 5.69 Å². The maximum Gasteiger partial charge on any atom is 0.161 e. The Morgan fingerprint density at radius 1 is 0.913 bits per heavy atom. The van der Waals surface area contributed by atoms with Crippen LogP contribution >= 0.6 is 34.8 Å². The minimum absolute atomic E-state index is 0.395. The van der Waals surface area contributed by atoms with E-state index in [9.17, 15) is 0 Å². The van der Waals surface area contributed by atoms with Crippen LogP contribution in [0, 0.1) is 0 Å². The normalized spacial score (nSPS) is 13.8. The molecular formula is C18H12Cl3NO. The summed E-state index contributed by atoms with van der Waals surface area (Å²) in [7, 11) is 0. The van der Waals surface area contributed by atoms with Crippen LogP contribution in [0.5, 0.6) is 5.75 Å². The number of ether oxygens (including phenoxy) is 1. The third kappa shape index (κ3) is 2.61. The Hall–Kier alpha value is -1.61. The van der Waals surface area contributed by atoms with E-state index in [0.717, 1.165) is 17.0 Å². The lowest BCUT2D eigenvalue weighted by Crippen LogP contribution is -2.32. The van der Waals surface area contributed by atoms with Gasteiger partial charge in [-0.2, -0.15) is 0 Å². The van der Waals surface area contributed by atoms with Gasteiger partial charge in [-0.15, -0.1) is 0 Å². The molecule has 0 aliphatic carbocycles. The number of benzene rings is 3. The molecule has 0 aromatic heterocycles. The maximum atomic E-state index is 6.35. The molecule has 0 radical (unpaired) electrons. The molecule has 2 nitrogen and oxygen atoms in total.